The summed E-state index contributed by atoms with van der Waals surface area (Å²) in [7, 11) is 0. The fourth-order valence-electron chi connectivity index (χ4n) is 5.35. The third kappa shape index (κ3) is 8.50. The highest BCUT2D eigenvalue weighted by atomic mass is 32.2. The summed E-state index contributed by atoms with van der Waals surface area (Å²) in [5, 5.41) is 12.2. The first kappa shape index (κ1) is 36.3. The maximum atomic E-state index is 14.3. The number of thioether (sulfide) groups is 2. The molecule has 2 aromatic heterocycles. The zero-order valence-corrected chi connectivity index (χ0v) is 29.9. The van der Waals surface area contributed by atoms with Crippen molar-refractivity contribution in [1.82, 2.24) is 20.2 Å². The first-order chi connectivity index (χ1) is 25.5. The van der Waals surface area contributed by atoms with Gasteiger partial charge in [-0.05, 0) is 39.8 Å². The minimum Gasteiger partial charge on any atom is -0.448 e. The maximum absolute atomic E-state index is 14.3. The Morgan fingerprint density at radius 1 is 1.10 bits per heavy atom. The van der Waals surface area contributed by atoms with E-state index in [1.54, 1.807) is 12.4 Å². The van der Waals surface area contributed by atoms with E-state index in [9.17, 15) is 19.2 Å². The van der Waals surface area contributed by atoms with Gasteiger partial charge in [-0.1, -0.05) is 84.5 Å². The molecule has 2 atom stereocenters. The monoisotopic (exact) mass is 752 g/mol. The van der Waals surface area contributed by atoms with Crippen molar-refractivity contribution in [3.05, 3.63) is 142 Å². The van der Waals surface area contributed by atoms with Gasteiger partial charge in [-0.15, -0.1) is 34.9 Å². The second-order valence-electron chi connectivity index (χ2n) is 11.1. The van der Waals surface area contributed by atoms with Crippen LogP contribution in [0.5, 0.6) is 0 Å². The summed E-state index contributed by atoms with van der Waals surface area (Å²) in [4.78, 5) is 67.7. The lowest BCUT2D eigenvalue weighted by Gasteiger charge is -2.49. The van der Waals surface area contributed by atoms with Crippen molar-refractivity contribution in [2.24, 2.45) is 5.16 Å². The number of aromatic nitrogens is 2. The number of oxime groups is 1. The fraction of sp³-hybridized carbons (Fsp3) is 0.162. The van der Waals surface area contributed by atoms with Crippen molar-refractivity contribution in [2.75, 3.05) is 23.4 Å². The minimum atomic E-state index is -0.977. The summed E-state index contributed by atoms with van der Waals surface area (Å²) in [6, 6.07) is 21.6. The molecule has 4 aromatic rings. The number of hydrogen-bond acceptors (Lipinski definition) is 12. The topological polar surface area (TPSA) is 152 Å². The Bertz CT molecular complexity index is 1970. The summed E-state index contributed by atoms with van der Waals surface area (Å²) >= 11 is 4.00. The van der Waals surface area contributed by atoms with Gasteiger partial charge in [0.05, 0.1) is 0 Å². The number of carbonyl (C=O) groups excluding carboxylic acids is 4. The van der Waals surface area contributed by atoms with Gasteiger partial charge in [-0.3, -0.25) is 24.3 Å². The highest BCUT2D eigenvalue weighted by Gasteiger charge is 2.55. The molecule has 2 aromatic carbocycles. The number of rotatable bonds is 16. The highest BCUT2D eigenvalue weighted by molar-refractivity contribution is 8.02. The van der Waals surface area contributed by atoms with Crippen LogP contribution in [0.15, 0.2) is 125 Å². The molecule has 1 saturated heterocycles. The molecule has 4 heterocycles. The number of nitrogens with zero attached hydrogens (tertiary/aromatic N) is 4. The summed E-state index contributed by atoms with van der Waals surface area (Å²) in [6.45, 7) is 3.61. The van der Waals surface area contributed by atoms with Gasteiger partial charge >= 0.3 is 5.97 Å². The van der Waals surface area contributed by atoms with E-state index in [1.807, 2.05) is 84.3 Å². The van der Waals surface area contributed by atoms with Crippen LogP contribution in [0.2, 0.25) is 0 Å². The summed E-state index contributed by atoms with van der Waals surface area (Å²) in [5.74, 6) is -1.01. The number of esters is 1. The number of anilines is 1. The van der Waals surface area contributed by atoms with Crippen molar-refractivity contribution in [3.63, 3.8) is 0 Å². The molecule has 0 aliphatic carbocycles. The molecule has 2 N–H and O–H groups in total. The zero-order chi connectivity index (χ0) is 36.3. The molecule has 3 amide bonds. The van der Waals surface area contributed by atoms with E-state index in [4.69, 9.17) is 9.57 Å². The number of thiazole rings is 1. The van der Waals surface area contributed by atoms with Gasteiger partial charge in [0.2, 0.25) is 6.41 Å². The Balaban J connectivity index is 1.26. The van der Waals surface area contributed by atoms with E-state index < -0.39 is 35.3 Å². The molecular formula is C37H32N6O6S3. The smallest absolute Gasteiger partial charge is 0.356 e. The number of ether oxygens (including phenoxy) is 1. The SMILES string of the molecule is C=CCO/N=C(/C(=O)NC1C(=O)N2C(C(=O)OC(c3ccccc3)c3ccccc3)=C(CS/C=C\c3cccnc3)CS[C@H]12)c1csc(NC=O)n1. The van der Waals surface area contributed by atoms with Crippen LogP contribution >= 0.6 is 34.9 Å². The van der Waals surface area contributed by atoms with E-state index in [0.717, 1.165) is 33.6 Å². The third-order valence-electron chi connectivity index (χ3n) is 7.75. The quantitative estimate of drug-likeness (QED) is 0.0289. The molecule has 52 heavy (non-hydrogen) atoms. The lowest BCUT2D eigenvalue weighted by atomic mass is 10.0. The molecule has 264 valence electrons. The molecule has 6 rings (SSSR count). The molecule has 0 radical (unpaired) electrons. The van der Waals surface area contributed by atoms with Crippen LogP contribution in [0.25, 0.3) is 6.08 Å². The summed E-state index contributed by atoms with van der Waals surface area (Å²) in [6.07, 6.45) is 6.58. The Morgan fingerprint density at radius 3 is 2.52 bits per heavy atom. The van der Waals surface area contributed by atoms with Crippen molar-refractivity contribution in [1.29, 1.82) is 0 Å². The van der Waals surface area contributed by atoms with Gasteiger partial charge < -0.3 is 20.2 Å². The molecule has 15 heteroatoms. The predicted octanol–water partition coefficient (Wildman–Crippen LogP) is 5.40. The molecule has 1 unspecified atom stereocenters. The van der Waals surface area contributed by atoms with Crippen LogP contribution in [0.1, 0.15) is 28.5 Å². The number of pyridine rings is 1. The van der Waals surface area contributed by atoms with Crippen LogP contribution < -0.4 is 10.6 Å². The number of benzene rings is 2. The predicted molar refractivity (Wildman–Crippen MR) is 203 cm³/mol. The van der Waals surface area contributed by atoms with Crippen LogP contribution in [0, 0.1) is 0 Å². The van der Waals surface area contributed by atoms with Crippen molar-refractivity contribution >= 4 is 76.0 Å². The van der Waals surface area contributed by atoms with Crippen molar-refractivity contribution in [3.8, 4) is 0 Å². The first-order valence-electron chi connectivity index (χ1n) is 15.9. The molecule has 12 nitrogen and oxygen atoms in total. The second-order valence-corrected chi connectivity index (χ2v) is 14.0. The Labute approximate surface area is 312 Å². The van der Waals surface area contributed by atoms with Crippen LogP contribution in [0.4, 0.5) is 5.13 Å². The molecule has 0 bridgehead atoms. The average molecular weight is 753 g/mol. The largest absolute Gasteiger partial charge is 0.448 e. The molecule has 0 saturated carbocycles. The van der Waals surface area contributed by atoms with Gasteiger partial charge in [0.25, 0.3) is 11.8 Å². The van der Waals surface area contributed by atoms with E-state index in [-0.39, 0.29) is 28.8 Å². The summed E-state index contributed by atoms with van der Waals surface area (Å²) in [5.41, 5.74) is 3.32. The zero-order valence-electron chi connectivity index (χ0n) is 27.5. The van der Waals surface area contributed by atoms with Crippen LogP contribution in [-0.4, -0.2) is 74.3 Å². The Hall–Kier alpha value is -5.51. The molecule has 1 fully saturated rings. The first-order valence-corrected chi connectivity index (χ1v) is 18.9. The van der Waals surface area contributed by atoms with Crippen molar-refractivity contribution in [2.45, 2.75) is 17.5 Å². The van der Waals surface area contributed by atoms with Crippen LogP contribution in [0.3, 0.4) is 0 Å². The normalized spacial score (nSPS) is 17.0. The van der Waals surface area contributed by atoms with Gasteiger partial charge in [0.1, 0.15) is 29.4 Å². The summed E-state index contributed by atoms with van der Waals surface area (Å²) < 4.78 is 6.25. The van der Waals surface area contributed by atoms with Gasteiger partial charge in [-0.25, -0.2) is 9.78 Å². The van der Waals surface area contributed by atoms with Gasteiger partial charge in [0.15, 0.2) is 16.9 Å². The highest BCUT2D eigenvalue weighted by Crippen LogP contribution is 2.42. The molecule has 2 aliphatic rings. The number of fused-ring (bicyclic) bond motifs is 1. The van der Waals surface area contributed by atoms with Gasteiger partial charge in [0, 0.05) is 29.3 Å². The average Bonchev–Trinajstić information content (AvgIpc) is 3.65. The van der Waals surface area contributed by atoms with Gasteiger partial charge in [-0.2, -0.15) is 0 Å². The van der Waals surface area contributed by atoms with E-state index in [0.29, 0.717) is 17.9 Å². The van der Waals surface area contributed by atoms with E-state index in [2.05, 4.69) is 32.3 Å². The fourth-order valence-corrected chi connectivity index (χ4v) is 8.27. The van der Waals surface area contributed by atoms with Crippen molar-refractivity contribution < 1.29 is 28.8 Å². The molecular weight excluding hydrogens is 721 g/mol. The molecule has 2 aliphatic heterocycles. The Morgan fingerprint density at radius 2 is 1.85 bits per heavy atom. The van der Waals surface area contributed by atoms with Crippen LogP contribution in [-0.2, 0) is 28.8 Å². The number of nitrogens with one attached hydrogen (secondary N) is 2. The minimum absolute atomic E-state index is 0.0242. The van der Waals surface area contributed by atoms with E-state index in [1.165, 1.54) is 39.9 Å². The number of carbonyl (C=O) groups is 4. The lowest BCUT2D eigenvalue weighted by Crippen LogP contribution is -2.71. The van der Waals surface area contributed by atoms with E-state index >= 15 is 0 Å². The maximum Gasteiger partial charge on any atom is 0.356 e. The number of β-lactam (4-membered cyclic amide) rings is 1. The number of amides is 3. The third-order valence-corrected chi connectivity index (χ3v) is 10.7. The lowest BCUT2D eigenvalue weighted by molar-refractivity contribution is -0.154. The Kier molecular flexibility index (Phi) is 12.3. The molecule has 0 spiro atoms. The standard InChI is InChI=1S/C37H32N6O6S3/c1-2-17-48-42-29(28-22-52-37(40-28)39-23-44)33(45)41-30-34(46)43-31(27(21-51-35(30)43)20-50-18-15-24-10-9-16-38-19-24)36(47)49-32(25-11-5-3-6-12-25)26-13-7-4-8-14-26/h2-16,18-19,22-23,30,32,35H,1,17,20-21H2,(H,41,45)(H,39,40,44)/b18-15-,42-29+/t30?,35-/m1/s1. The number of hydrogen-bond donors (Lipinski definition) is 2. The second kappa shape index (κ2) is 17.6.